The molecule has 1 N–H and O–H groups in total. The van der Waals surface area contributed by atoms with Crippen LogP contribution < -0.4 is 0 Å². The van der Waals surface area contributed by atoms with Gasteiger partial charge in [-0.2, -0.15) is 0 Å². The number of hydrogen-bond donors (Lipinski definition) is 1. The molecule has 14 unspecified atom stereocenters. The first-order valence-corrected chi connectivity index (χ1v) is 24.7. The molecule has 4 rings (SSSR count). The minimum absolute atomic E-state index is 0.0234. The number of ether oxygens (including phenoxy) is 7. The summed E-state index contributed by atoms with van der Waals surface area (Å²) in [5.41, 5.74) is 1.56. The van der Waals surface area contributed by atoms with Crippen molar-refractivity contribution in [3.05, 3.63) is 47.6 Å². The summed E-state index contributed by atoms with van der Waals surface area (Å²) in [5, 5.41) is 12.0. The predicted octanol–water partition coefficient (Wildman–Crippen LogP) is 7.49. The monoisotopic (exact) mass is 942 g/mol. The normalized spacial score (nSPS) is 39.6. The minimum Gasteiger partial charge on any atom is -0.460 e. The number of fused-ring (bicyclic) bond motifs is 3. The Balaban J connectivity index is 1.72. The lowest BCUT2D eigenvalue weighted by Gasteiger charge is -2.42. The third-order valence-corrected chi connectivity index (χ3v) is 15.0. The summed E-state index contributed by atoms with van der Waals surface area (Å²) in [6.45, 7) is 13.2. The van der Waals surface area contributed by atoms with Crippen LogP contribution in [0.2, 0.25) is 0 Å². The van der Waals surface area contributed by atoms with Gasteiger partial charge in [-0.05, 0) is 107 Å². The van der Waals surface area contributed by atoms with E-state index in [4.69, 9.17) is 33.2 Å². The molecule has 4 aliphatic rings. The number of carbonyl (C=O) groups excluding carboxylic acids is 5. The molecular weight excluding hydrogens is 859 g/mol. The molecule has 0 spiro atoms. The van der Waals surface area contributed by atoms with Crippen LogP contribution in [-0.2, 0) is 57.1 Å². The first-order chi connectivity index (χ1) is 31.8. The quantitative estimate of drug-likeness (QED) is 0.144. The van der Waals surface area contributed by atoms with E-state index < -0.39 is 71.8 Å². The fourth-order valence-electron chi connectivity index (χ4n) is 10.7. The Bertz CT molecular complexity index is 1790. The van der Waals surface area contributed by atoms with E-state index in [1.807, 2.05) is 58.1 Å². The molecule has 0 aromatic rings. The number of rotatable bonds is 8. The van der Waals surface area contributed by atoms with Gasteiger partial charge in [-0.25, -0.2) is 4.79 Å². The Kier molecular flexibility index (Phi) is 22.3. The van der Waals surface area contributed by atoms with Crippen molar-refractivity contribution >= 4 is 29.2 Å². The molecule has 2 saturated heterocycles. The van der Waals surface area contributed by atoms with Crippen molar-refractivity contribution in [1.82, 2.24) is 4.90 Å². The Labute approximate surface area is 400 Å². The van der Waals surface area contributed by atoms with Crippen LogP contribution in [0.3, 0.4) is 0 Å². The van der Waals surface area contributed by atoms with Crippen molar-refractivity contribution in [2.75, 3.05) is 42.1 Å². The summed E-state index contributed by atoms with van der Waals surface area (Å²) < 4.78 is 41.5. The number of nitrogens with zero attached hydrogens (tertiary/aromatic N) is 1. The predicted molar refractivity (Wildman–Crippen MR) is 255 cm³/mol. The topological polar surface area (TPSA) is 173 Å². The zero-order valence-corrected chi connectivity index (χ0v) is 42.5. The largest absolute Gasteiger partial charge is 0.460 e. The number of amides is 1. The van der Waals surface area contributed by atoms with Gasteiger partial charge in [-0.3, -0.25) is 19.2 Å². The zero-order valence-electron chi connectivity index (χ0n) is 42.5. The number of piperidine rings is 1. The number of methoxy groups -OCH3 is 5. The van der Waals surface area contributed by atoms with Crippen LogP contribution in [-0.4, -0.2) is 136 Å². The molecule has 3 fully saturated rings. The van der Waals surface area contributed by atoms with E-state index >= 15 is 0 Å². The third-order valence-electron chi connectivity index (χ3n) is 15.0. The highest BCUT2D eigenvalue weighted by molar-refractivity contribution is 6.39. The number of Topliss-reactive ketones (excluding diaryl/α,β-unsaturated/α-hetero) is 3. The van der Waals surface area contributed by atoms with E-state index in [-0.39, 0.29) is 66.8 Å². The standard InChI is InChI=1S/C53H83NO13/c1-32-18-14-13-15-19-33(2)44(62-9)30-40-23-21-38(7)53(60,67-40)50(57)51(58)54-25-17-16-20-41(54)52(59)66-45(35(4)28-39-22-24-43(61-8)46(29-39)63-10)31-42(55)34(3)27-37(6)48(64-11)49(65-12)47(56)36(5)26-32/h13-15,18-19,27,32,34-36,38-41,43-46,48-49,60H,16-17,20-26,28-31H2,1-12H3/b15-13+,18-14+,33-19+,37-27+/t32?,34?,35?,36?,38-,39?,40?,41?,43?,44?,45?,46?,48?,49?,53?/m1/s1. The maximum absolute atomic E-state index is 14.5. The Morgan fingerprint density at radius 1 is 0.776 bits per heavy atom. The van der Waals surface area contributed by atoms with Crippen LogP contribution in [0.1, 0.15) is 126 Å². The Morgan fingerprint density at radius 2 is 1.48 bits per heavy atom. The van der Waals surface area contributed by atoms with E-state index in [9.17, 15) is 29.1 Å². The lowest BCUT2D eigenvalue weighted by molar-refractivity contribution is -0.265. The van der Waals surface area contributed by atoms with Gasteiger partial charge in [0.2, 0.25) is 5.79 Å². The lowest BCUT2D eigenvalue weighted by Crippen LogP contribution is -2.61. The number of allylic oxidation sites excluding steroid dienone is 6. The van der Waals surface area contributed by atoms with E-state index in [0.717, 1.165) is 24.8 Å². The molecule has 3 heterocycles. The molecule has 1 saturated carbocycles. The average Bonchev–Trinajstić information content (AvgIpc) is 3.31. The summed E-state index contributed by atoms with van der Waals surface area (Å²) in [6.07, 6.45) is 14.1. The third kappa shape index (κ3) is 14.8. The van der Waals surface area contributed by atoms with E-state index in [1.54, 1.807) is 41.3 Å². The summed E-state index contributed by atoms with van der Waals surface area (Å²) in [6, 6.07) is -1.11. The van der Waals surface area contributed by atoms with Gasteiger partial charge in [0.25, 0.3) is 11.7 Å². The molecule has 3 aliphatic heterocycles. The molecule has 14 nitrogen and oxygen atoms in total. The van der Waals surface area contributed by atoms with Gasteiger partial charge in [0.1, 0.15) is 30.1 Å². The van der Waals surface area contributed by atoms with Crippen molar-refractivity contribution in [3.8, 4) is 0 Å². The van der Waals surface area contributed by atoms with Crippen LogP contribution in [0.5, 0.6) is 0 Å². The van der Waals surface area contributed by atoms with Crippen LogP contribution in [0.4, 0.5) is 0 Å². The zero-order chi connectivity index (χ0) is 49.6. The van der Waals surface area contributed by atoms with Crippen molar-refractivity contribution < 1.29 is 62.2 Å². The van der Waals surface area contributed by atoms with Gasteiger partial charge in [0, 0.05) is 72.7 Å². The molecule has 378 valence electrons. The number of esters is 1. The van der Waals surface area contributed by atoms with Crippen molar-refractivity contribution in [3.63, 3.8) is 0 Å². The van der Waals surface area contributed by atoms with Crippen LogP contribution in [0.15, 0.2) is 47.6 Å². The SMILES string of the molecule is COC1CC2CC[C@@H](C)C(O)(O2)C(=O)C(=O)N2CCCCC2C(=O)OC(C(C)CC2CCC(OC)C(OC)C2)CC(=O)C(C)/C=C(\C)C(OC)C(OC)C(=O)C(C)CC(C)/C=C/C=C/C=C/1C. The lowest BCUT2D eigenvalue weighted by atomic mass is 9.78. The summed E-state index contributed by atoms with van der Waals surface area (Å²) in [7, 11) is 7.96. The number of hydrogen-bond acceptors (Lipinski definition) is 13. The maximum atomic E-state index is 14.5. The Morgan fingerprint density at radius 3 is 2.13 bits per heavy atom. The smallest absolute Gasteiger partial charge is 0.329 e. The van der Waals surface area contributed by atoms with E-state index in [1.165, 1.54) is 19.1 Å². The van der Waals surface area contributed by atoms with Crippen LogP contribution in [0, 0.1) is 35.5 Å². The molecule has 0 aromatic carbocycles. The Hall–Kier alpha value is -3.37. The molecule has 67 heavy (non-hydrogen) atoms. The second-order valence-corrected chi connectivity index (χ2v) is 20.0. The molecule has 2 bridgehead atoms. The van der Waals surface area contributed by atoms with Crippen molar-refractivity contribution in [1.29, 1.82) is 0 Å². The second-order valence-electron chi connectivity index (χ2n) is 20.0. The number of cyclic esters (lactones) is 1. The first-order valence-electron chi connectivity index (χ1n) is 24.7. The molecule has 14 heteroatoms. The van der Waals surface area contributed by atoms with Crippen LogP contribution in [0.25, 0.3) is 0 Å². The highest BCUT2D eigenvalue weighted by atomic mass is 16.6. The molecule has 1 amide bonds. The fraction of sp³-hybridized carbons (Fsp3) is 0.755. The summed E-state index contributed by atoms with van der Waals surface area (Å²) in [4.78, 5) is 72.5. The number of ketones is 3. The fourth-order valence-corrected chi connectivity index (χ4v) is 10.7. The van der Waals surface area contributed by atoms with Crippen LogP contribution >= 0.6 is 0 Å². The second kappa shape index (κ2) is 26.6. The van der Waals surface area contributed by atoms with Gasteiger partial charge in [0.15, 0.2) is 5.78 Å². The molecule has 1 aliphatic carbocycles. The van der Waals surface area contributed by atoms with Crippen molar-refractivity contribution in [2.45, 2.75) is 180 Å². The average molecular weight is 942 g/mol. The molecule has 0 aromatic heterocycles. The summed E-state index contributed by atoms with van der Waals surface area (Å²) >= 11 is 0. The van der Waals surface area contributed by atoms with Gasteiger partial charge in [-0.15, -0.1) is 0 Å². The number of carbonyl (C=O) groups is 5. The van der Waals surface area contributed by atoms with Crippen molar-refractivity contribution in [2.24, 2.45) is 35.5 Å². The highest BCUT2D eigenvalue weighted by Crippen LogP contribution is 2.38. The first kappa shape index (κ1) is 56.2. The molecule has 15 atom stereocenters. The molecular formula is C53H83NO13. The van der Waals surface area contributed by atoms with E-state index in [0.29, 0.717) is 50.5 Å². The van der Waals surface area contributed by atoms with Gasteiger partial charge >= 0.3 is 5.97 Å². The minimum atomic E-state index is -2.41. The summed E-state index contributed by atoms with van der Waals surface area (Å²) in [5.74, 6) is -7.20. The molecule has 0 radical (unpaired) electrons. The highest BCUT2D eigenvalue weighted by Gasteiger charge is 2.53. The van der Waals surface area contributed by atoms with Gasteiger partial charge < -0.3 is 43.2 Å². The van der Waals surface area contributed by atoms with Gasteiger partial charge in [-0.1, -0.05) is 71.1 Å². The van der Waals surface area contributed by atoms with Gasteiger partial charge in [0.05, 0.1) is 24.4 Å². The van der Waals surface area contributed by atoms with E-state index in [2.05, 4.69) is 6.92 Å². The maximum Gasteiger partial charge on any atom is 0.329 e. The number of aliphatic hydroxyl groups is 1.